The highest BCUT2D eigenvalue weighted by Crippen LogP contribution is 2.24. The molecule has 25 heavy (non-hydrogen) atoms. The Morgan fingerprint density at radius 1 is 1.28 bits per heavy atom. The van der Waals surface area contributed by atoms with E-state index in [1.807, 2.05) is 10.6 Å². The predicted molar refractivity (Wildman–Crippen MR) is 98.7 cm³/mol. The van der Waals surface area contributed by atoms with Crippen molar-refractivity contribution in [3.05, 3.63) is 24.2 Å². The fourth-order valence-electron chi connectivity index (χ4n) is 2.58. The van der Waals surface area contributed by atoms with Crippen molar-refractivity contribution in [3.63, 3.8) is 0 Å². The zero-order chi connectivity index (χ0) is 17.8. The summed E-state index contributed by atoms with van der Waals surface area (Å²) in [5.41, 5.74) is 7.43. The molecule has 0 atom stereocenters. The fraction of sp³-hybridized carbons (Fsp3) is 0.421. The summed E-state index contributed by atoms with van der Waals surface area (Å²) in [6.45, 7) is 7.22. The van der Waals surface area contributed by atoms with Crippen LogP contribution in [-0.2, 0) is 6.54 Å². The van der Waals surface area contributed by atoms with Crippen LogP contribution in [0.2, 0.25) is 0 Å². The van der Waals surface area contributed by atoms with Gasteiger partial charge < -0.3 is 14.7 Å². The standard InChI is InChI=1S/C19H23N5O/c1-4-5-6-7-10-15-21-16-17(20)22-18(14-9-8-11-25-14)23-19(16)24(15)12-13(2)3/h8-9,11,13H,4-6,12H2,1-3H3,(H2,20,22,23). The van der Waals surface area contributed by atoms with Gasteiger partial charge >= 0.3 is 0 Å². The number of unbranched alkanes of at least 4 members (excludes halogenated alkanes) is 2. The minimum absolute atomic E-state index is 0.343. The number of hydrogen-bond acceptors (Lipinski definition) is 5. The van der Waals surface area contributed by atoms with Crippen LogP contribution in [0.5, 0.6) is 0 Å². The molecule has 2 N–H and O–H groups in total. The zero-order valence-electron chi connectivity index (χ0n) is 14.9. The van der Waals surface area contributed by atoms with Gasteiger partial charge in [-0.15, -0.1) is 0 Å². The predicted octanol–water partition coefficient (Wildman–Crippen LogP) is 3.87. The Balaban J connectivity index is 2.12. The van der Waals surface area contributed by atoms with Crippen molar-refractivity contribution in [2.75, 3.05) is 5.73 Å². The number of imidazole rings is 1. The highest BCUT2D eigenvalue weighted by molar-refractivity contribution is 5.84. The van der Waals surface area contributed by atoms with Gasteiger partial charge in [-0.1, -0.05) is 33.1 Å². The van der Waals surface area contributed by atoms with Gasteiger partial charge in [0.25, 0.3) is 0 Å². The van der Waals surface area contributed by atoms with Gasteiger partial charge in [0.05, 0.1) is 6.26 Å². The van der Waals surface area contributed by atoms with Crippen molar-refractivity contribution >= 4 is 17.0 Å². The van der Waals surface area contributed by atoms with Crippen LogP contribution in [0.1, 0.15) is 45.9 Å². The molecule has 0 aliphatic heterocycles. The Labute approximate surface area is 147 Å². The number of nitrogens with two attached hydrogens (primary N) is 1. The van der Waals surface area contributed by atoms with Crippen molar-refractivity contribution in [3.8, 4) is 23.4 Å². The fourth-order valence-corrected chi connectivity index (χ4v) is 2.58. The normalized spacial score (nSPS) is 11.0. The van der Waals surface area contributed by atoms with Crippen LogP contribution >= 0.6 is 0 Å². The molecular formula is C19H23N5O. The largest absolute Gasteiger partial charge is 0.461 e. The lowest BCUT2D eigenvalue weighted by atomic mass is 10.2. The van der Waals surface area contributed by atoms with E-state index in [0.29, 0.717) is 40.3 Å². The Kier molecular flexibility index (Phi) is 5.03. The van der Waals surface area contributed by atoms with Gasteiger partial charge in [-0.3, -0.25) is 0 Å². The average Bonchev–Trinajstić information content (AvgIpc) is 3.21. The molecule has 3 rings (SSSR count). The topological polar surface area (TPSA) is 82.8 Å². The summed E-state index contributed by atoms with van der Waals surface area (Å²) in [7, 11) is 0. The molecule has 0 aliphatic rings. The first-order valence-electron chi connectivity index (χ1n) is 8.66. The molecule has 3 aromatic heterocycles. The highest BCUT2D eigenvalue weighted by Gasteiger charge is 2.18. The minimum Gasteiger partial charge on any atom is -0.461 e. The van der Waals surface area contributed by atoms with Crippen LogP contribution in [0.3, 0.4) is 0 Å². The molecule has 0 saturated carbocycles. The first-order chi connectivity index (χ1) is 12.1. The molecule has 0 bridgehead atoms. The van der Waals surface area contributed by atoms with E-state index >= 15 is 0 Å². The number of anilines is 1. The maximum Gasteiger partial charge on any atom is 0.199 e. The Bertz CT molecular complexity index is 913. The van der Waals surface area contributed by atoms with Crippen molar-refractivity contribution in [1.29, 1.82) is 0 Å². The summed E-state index contributed by atoms with van der Waals surface area (Å²) in [5, 5.41) is 0. The summed E-state index contributed by atoms with van der Waals surface area (Å²) in [6.07, 6.45) is 4.67. The molecular weight excluding hydrogens is 314 g/mol. The van der Waals surface area contributed by atoms with Crippen molar-refractivity contribution < 1.29 is 4.42 Å². The number of aromatic nitrogens is 4. The van der Waals surface area contributed by atoms with E-state index in [9.17, 15) is 0 Å². The van der Waals surface area contributed by atoms with E-state index in [1.165, 1.54) is 0 Å². The van der Waals surface area contributed by atoms with Gasteiger partial charge in [0, 0.05) is 13.0 Å². The van der Waals surface area contributed by atoms with Gasteiger partial charge in [0.1, 0.15) is 0 Å². The lowest BCUT2D eigenvalue weighted by molar-refractivity contribution is 0.527. The van der Waals surface area contributed by atoms with Gasteiger partial charge in [-0.05, 0) is 30.4 Å². The summed E-state index contributed by atoms with van der Waals surface area (Å²) in [6, 6.07) is 3.62. The number of furan rings is 1. The van der Waals surface area contributed by atoms with Crippen molar-refractivity contribution in [1.82, 2.24) is 19.5 Å². The SMILES string of the molecule is CCCCC#Cc1nc2c(N)nc(-c3ccco3)nc2n1CC(C)C. The molecule has 3 heterocycles. The molecule has 130 valence electrons. The summed E-state index contributed by atoms with van der Waals surface area (Å²) < 4.78 is 7.44. The monoisotopic (exact) mass is 337 g/mol. The number of rotatable bonds is 5. The molecule has 0 spiro atoms. The van der Waals surface area contributed by atoms with E-state index in [0.717, 1.165) is 25.8 Å². The second-order valence-electron chi connectivity index (χ2n) is 6.43. The highest BCUT2D eigenvalue weighted by atomic mass is 16.3. The zero-order valence-corrected chi connectivity index (χ0v) is 14.9. The molecule has 0 unspecified atom stereocenters. The van der Waals surface area contributed by atoms with Crippen LogP contribution in [0.4, 0.5) is 5.82 Å². The van der Waals surface area contributed by atoms with Gasteiger partial charge in [-0.25, -0.2) is 15.0 Å². The average molecular weight is 337 g/mol. The molecule has 6 nitrogen and oxygen atoms in total. The number of nitrogens with zero attached hydrogens (tertiary/aromatic N) is 4. The quantitative estimate of drug-likeness (QED) is 0.564. The Morgan fingerprint density at radius 3 is 2.80 bits per heavy atom. The van der Waals surface area contributed by atoms with Crippen LogP contribution in [0, 0.1) is 17.8 Å². The first-order valence-corrected chi connectivity index (χ1v) is 8.66. The number of hydrogen-bond donors (Lipinski definition) is 1. The van der Waals surface area contributed by atoms with Crippen LogP contribution in [0.25, 0.3) is 22.7 Å². The lowest BCUT2D eigenvalue weighted by Crippen LogP contribution is -2.08. The third kappa shape index (κ3) is 3.66. The molecule has 0 radical (unpaired) electrons. The molecule has 0 aromatic carbocycles. The minimum atomic E-state index is 0.343. The third-order valence-electron chi connectivity index (χ3n) is 3.77. The molecule has 3 aromatic rings. The Hall–Kier alpha value is -2.81. The first kappa shape index (κ1) is 17.0. The molecule has 0 aliphatic carbocycles. The van der Waals surface area contributed by atoms with E-state index in [-0.39, 0.29) is 0 Å². The Morgan fingerprint density at radius 2 is 2.12 bits per heavy atom. The number of fused-ring (bicyclic) bond motifs is 1. The summed E-state index contributed by atoms with van der Waals surface area (Å²) in [4.78, 5) is 13.6. The smallest absolute Gasteiger partial charge is 0.199 e. The molecule has 0 saturated heterocycles. The third-order valence-corrected chi connectivity index (χ3v) is 3.77. The molecule has 6 heteroatoms. The molecule has 0 fully saturated rings. The maximum atomic E-state index is 6.14. The van der Waals surface area contributed by atoms with Gasteiger partial charge in [0.2, 0.25) is 0 Å². The van der Waals surface area contributed by atoms with Crippen LogP contribution < -0.4 is 5.73 Å². The van der Waals surface area contributed by atoms with Crippen molar-refractivity contribution in [2.45, 2.75) is 46.6 Å². The van der Waals surface area contributed by atoms with Crippen LogP contribution in [-0.4, -0.2) is 19.5 Å². The molecule has 0 amide bonds. The van der Waals surface area contributed by atoms with E-state index < -0.39 is 0 Å². The summed E-state index contributed by atoms with van der Waals surface area (Å²) >= 11 is 0. The second-order valence-corrected chi connectivity index (χ2v) is 6.43. The van der Waals surface area contributed by atoms with Crippen LogP contribution in [0.15, 0.2) is 22.8 Å². The summed E-state index contributed by atoms with van der Waals surface area (Å²) in [5.74, 6) is 8.89. The van der Waals surface area contributed by atoms with Gasteiger partial charge in [0.15, 0.2) is 34.4 Å². The maximum absolute atomic E-state index is 6.14. The van der Waals surface area contributed by atoms with E-state index in [1.54, 1.807) is 12.3 Å². The van der Waals surface area contributed by atoms with Crippen molar-refractivity contribution in [2.24, 2.45) is 5.92 Å². The lowest BCUT2D eigenvalue weighted by Gasteiger charge is -2.09. The van der Waals surface area contributed by atoms with E-state index in [2.05, 4.69) is 47.6 Å². The number of nitrogen functional groups attached to an aromatic ring is 1. The second kappa shape index (κ2) is 7.39. The van der Waals surface area contributed by atoms with E-state index in [4.69, 9.17) is 10.2 Å². The van der Waals surface area contributed by atoms with Gasteiger partial charge in [-0.2, -0.15) is 0 Å².